The molecular formula is C35H42N4O4. The largest absolute Gasteiger partial charge is 0.493 e. The van der Waals surface area contributed by atoms with E-state index >= 15 is 0 Å². The second-order valence-electron chi connectivity index (χ2n) is 10.8. The molecule has 8 heteroatoms. The molecular weight excluding hydrogens is 540 g/mol. The summed E-state index contributed by atoms with van der Waals surface area (Å²) in [4.78, 5) is 34.4. The zero-order chi connectivity index (χ0) is 30.6. The van der Waals surface area contributed by atoms with Crippen LogP contribution < -0.4 is 15.8 Å². The number of H-pyrrole nitrogens is 1. The number of hydrogen-bond acceptors (Lipinski definition) is 6. The van der Waals surface area contributed by atoms with Crippen LogP contribution in [-0.4, -0.2) is 35.1 Å². The van der Waals surface area contributed by atoms with Crippen molar-refractivity contribution in [2.75, 3.05) is 18.9 Å². The lowest BCUT2D eigenvalue weighted by molar-refractivity contribution is -0.121. The first kappa shape index (κ1) is 31.3. The Morgan fingerprint density at radius 3 is 2.40 bits per heavy atom. The summed E-state index contributed by atoms with van der Waals surface area (Å²) in [5, 5.41) is 3.18. The molecule has 1 aromatic heterocycles. The molecule has 1 unspecified atom stereocenters. The Morgan fingerprint density at radius 1 is 0.953 bits per heavy atom. The number of imidazole rings is 1. The van der Waals surface area contributed by atoms with E-state index in [-0.39, 0.29) is 12.3 Å². The van der Waals surface area contributed by atoms with Gasteiger partial charge in [0.25, 0.3) is 0 Å². The molecule has 0 aliphatic rings. The lowest BCUT2D eigenvalue weighted by atomic mass is 9.99. The number of benzene rings is 3. The number of ether oxygens (including phenoxy) is 2. The third-order valence-corrected chi connectivity index (χ3v) is 7.18. The quantitative estimate of drug-likeness (QED) is 0.0811. The monoisotopic (exact) mass is 582 g/mol. The predicted octanol–water partition coefficient (Wildman–Crippen LogP) is 6.75. The van der Waals surface area contributed by atoms with E-state index in [0.29, 0.717) is 42.5 Å². The second kappa shape index (κ2) is 15.6. The van der Waals surface area contributed by atoms with E-state index in [9.17, 15) is 9.59 Å². The zero-order valence-electron chi connectivity index (χ0n) is 25.3. The molecule has 4 rings (SSSR count). The topological polar surface area (TPSA) is 119 Å². The lowest BCUT2D eigenvalue weighted by Gasteiger charge is -2.21. The maximum atomic E-state index is 13.3. The Kier molecular flexibility index (Phi) is 11.4. The number of carbonyl (C=O) groups excluding carboxylic acids is 2. The number of nitrogen functional groups attached to an aromatic ring is 1. The average molecular weight is 583 g/mol. The van der Waals surface area contributed by atoms with Crippen LogP contribution in [0.2, 0.25) is 0 Å². The number of nitrogens with zero attached hydrogens (tertiary/aromatic N) is 1. The van der Waals surface area contributed by atoms with E-state index in [1.807, 2.05) is 68.4 Å². The van der Waals surface area contributed by atoms with Crippen LogP contribution in [0, 0.1) is 6.92 Å². The van der Waals surface area contributed by atoms with Crippen molar-refractivity contribution < 1.29 is 19.1 Å². The standard InChI is InChI=1S/C35H42N4O4/c1-4-6-18-42-32-17-14-27(21-29(32)35(41)43-19-7-5-2)30(39-34(40)20-25-10-8-24(3)9-11-25)22-33-37-23-31(38-33)26-12-15-28(36)16-13-26/h8-17,21,23,30H,4-7,18-20,22,36H2,1-3H3,(H,37,38)(H,39,40). The van der Waals surface area contributed by atoms with Gasteiger partial charge < -0.3 is 25.5 Å². The third kappa shape index (κ3) is 9.20. The van der Waals surface area contributed by atoms with Crippen molar-refractivity contribution in [1.29, 1.82) is 0 Å². The highest BCUT2D eigenvalue weighted by molar-refractivity contribution is 5.93. The minimum Gasteiger partial charge on any atom is -0.493 e. The first-order valence-corrected chi connectivity index (χ1v) is 15.0. The maximum absolute atomic E-state index is 13.3. The van der Waals surface area contributed by atoms with Crippen molar-refractivity contribution in [2.24, 2.45) is 0 Å². The van der Waals surface area contributed by atoms with Crippen LogP contribution >= 0.6 is 0 Å². The van der Waals surface area contributed by atoms with E-state index in [1.165, 1.54) is 0 Å². The van der Waals surface area contributed by atoms with Crippen LogP contribution in [0.1, 0.15) is 78.4 Å². The number of nitrogens with one attached hydrogen (secondary N) is 2. The maximum Gasteiger partial charge on any atom is 0.341 e. The number of carbonyl (C=O) groups is 2. The highest BCUT2D eigenvalue weighted by atomic mass is 16.5. The van der Waals surface area contributed by atoms with Crippen molar-refractivity contribution in [2.45, 2.75) is 65.3 Å². The zero-order valence-corrected chi connectivity index (χ0v) is 25.3. The van der Waals surface area contributed by atoms with Crippen molar-refractivity contribution in [1.82, 2.24) is 15.3 Å². The van der Waals surface area contributed by atoms with Gasteiger partial charge in [-0.25, -0.2) is 9.78 Å². The van der Waals surface area contributed by atoms with Crippen LogP contribution in [0.5, 0.6) is 5.75 Å². The number of anilines is 1. The summed E-state index contributed by atoms with van der Waals surface area (Å²) in [6.45, 7) is 6.99. The molecule has 0 spiro atoms. The molecule has 4 N–H and O–H groups in total. The van der Waals surface area contributed by atoms with Crippen molar-refractivity contribution in [3.63, 3.8) is 0 Å². The van der Waals surface area contributed by atoms with Crippen LogP contribution in [0.3, 0.4) is 0 Å². The molecule has 3 aromatic carbocycles. The minimum atomic E-state index is -0.463. The van der Waals surface area contributed by atoms with Gasteiger partial charge in [0.15, 0.2) is 0 Å². The van der Waals surface area contributed by atoms with Crippen molar-refractivity contribution in [3.05, 3.63) is 101 Å². The molecule has 0 fully saturated rings. The summed E-state index contributed by atoms with van der Waals surface area (Å²) >= 11 is 0. The molecule has 8 nitrogen and oxygen atoms in total. The Bertz CT molecular complexity index is 1480. The Balaban J connectivity index is 1.63. The summed E-state index contributed by atoms with van der Waals surface area (Å²) in [7, 11) is 0. The molecule has 0 aliphatic carbocycles. The Hall–Kier alpha value is -4.59. The molecule has 0 saturated carbocycles. The first-order chi connectivity index (χ1) is 20.9. The SMILES string of the molecule is CCCCOC(=O)c1cc(C(Cc2ncc(-c3ccc(N)cc3)[nH]2)NC(=O)Cc2ccc(C)cc2)ccc1OCCCC. The molecule has 1 amide bonds. The second-order valence-corrected chi connectivity index (χ2v) is 10.8. The van der Waals surface area contributed by atoms with Crippen LogP contribution in [0.4, 0.5) is 5.69 Å². The van der Waals surface area contributed by atoms with Crippen LogP contribution in [0.25, 0.3) is 11.3 Å². The van der Waals surface area contributed by atoms with E-state index < -0.39 is 12.0 Å². The van der Waals surface area contributed by atoms with E-state index in [2.05, 4.69) is 22.2 Å². The molecule has 43 heavy (non-hydrogen) atoms. The number of hydrogen-bond donors (Lipinski definition) is 3. The number of aryl methyl sites for hydroxylation is 1. The van der Waals surface area contributed by atoms with E-state index in [1.54, 1.807) is 18.3 Å². The highest BCUT2D eigenvalue weighted by Gasteiger charge is 2.22. The highest BCUT2D eigenvalue weighted by Crippen LogP contribution is 2.28. The van der Waals surface area contributed by atoms with Gasteiger partial charge >= 0.3 is 5.97 Å². The predicted molar refractivity (Wildman–Crippen MR) is 170 cm³/mol. The summed E-state index contributed by atoms with van der Waals surface area (Å²) in [5.41, 5.74) is 11.5. The summed E-state index contributed by atoms with van der Waals surface area (Å²) in [6.07, 6.45) is 5.94. The average Bonchev–Trinajstić information content (AvgIpc) is 3.47. The van der Waals surface area contributed by atoms with Gasteiger partial charge in [-0.15, -0.1) is 0 Å². The first-order valence-electron chi connectivity index (χ1n) is 15.0. The van der Waals surface area contributed by atoms with Gasteiger partial charge in [-0.05, 0) is 60.7 Å². The number of unbranched alkanes of at least 4 members (excludes halogenated alkanes) is 2. The molecule has 0 radical (unpaired) electrons. The minimum absolute atomic E-state index is 0.130. The number of esters is 1. The normalized spacial score (nSPS) is 11.6. The molecule has 0 saturated heterocycles. The fraction of sp³-hybridized carbons (Fsp3) is 0.343. The summed E-state index contributed by atoms with van der Waals surface area (Å²) in [6, 6.07) is 20.5. The van der Waals surface area contributed by atoms with Crippen molar-refractivity contribution >= 4 is 17.6 Å². The van der Waals surface area contributed by atoms with Crippen LogP contribution in [0.15, 0.2) is 72.9 Å². The van der Waals surface area contributed by atoms with Crippen LogP contribution in [-0.2, 0) is 22.4 Å². The number of nitrogens with two attached hydrogens (primary N) is 1. The van der Waals surface area contributed by atoms with Gasteiger partial charge in [-0.3, -0.25) is 4.79 Å². The molecule has 1 atom stereocenters. The third-order valence-electron chi connectivity index (χ3n) is 7.18. The van der Waals surface area contributed by atoms with Crippen molar-refractivity contribution in [3.8, 4) is 17.0 Å². The summed E-state index contributed by atoms with van der Waals surface area (Å²) in [5.74, 6) is 0.611. The molecule has 226 valence electrons. The Labute approximate surface area is 254 Å². The molecule has 0 bridgehead atoms. The number of aromatic nitrogens is 2. The van der Waals surface area contributed by atoms with Gasteiger partial charge in [0, 0.05) is 12.1 Å². The number of amides is 1. The van der Waals surface area contributed by atoms with Gasteiger partial charge in [0.1, 0.15) is 17.1 Å². The molecule has 1 heterocycles. The molecule has 4 aromatic rings. The Morgan fingerprint density at radius 2 is 1.67 bits per heavy atom. The smallest absolute Gasteiger partial charge is 0.341 e. The fourth-order valence-corrected chi connectivity index (χ4v) is 4.62. The van der Waals surface area contributed by atoms with E-state index in [0.717, 1.165) is 53.6 Å². The van der Waals surface area contributed by atoms with Gasteiger partial charge in [-0.2, -0.15) is 0 Å². The number of aromatic amines is 1. The number of rotatable bonds is 15. The molecule has 0 aliphatic heterocycles. The van der Waals surface area contributed by atoms with Gasteiger partial charge in [0.05, 0.1) is 37.6 Å². The van der Waals surface area contributed by atoms with Gasteiger partial charge in [0.2, 0.25) is 5.91 Å². The summed E-state index contributed by atoms with van der Waals surface area (Å²) < 4.78 is 11.5. The van der Waals surface area contributed by atoms with Gasteiger partial charge in [-0.1, -0.05) is 74.7 Å². The fourth-order valence-electron chi connectivity index (χ4n) is 4.62. The lowest BCUT2D eigenvalue weighted by Crippen LogP contribution is -2.31. The van der Waals surface area contributed by atoms with E-state index in [4.69, 9.17) is 15.2 Å².